The summed E-state index contributed by atoms with van der Waals surface area (Å²) in [5, 5.41) is 0. The first-order valence-corrected chi connectivity index (χ1v) is 6.69. The molecule has 2 atom stereocenters. The summed E-state index contributed by atoms with van der Waals surface area (Å²) in [6.07, 6.45) is 8.17. The van der Waals surface area contributed by atoms with Crippen molar-refractivity contribution in [3.05, 3.63) is 30.1 Å². The quantitative estimate of drug-likeness (QED) is 0.759. The number of rotatable bonds is 1. The molecule has 3 rings (SSSR count). The van der Waals surface area contributed by atoms with Crippen LogP contribution in [0.5, 0.6) is 0 Å². The lowest BCUT2D eigenvalue weighted by atomic mass is 9.90. The molecular formula is C14H18N2O2. The lowest BCUT2D eigenvalue weighted by Gasteiger charge is -2.43. The van der Waals surface area contributed by atoms with Crippen LogP contribution in [0, 0.1) is 0 Å². The second-order valence-electron chi connectivity index (χ2n) is 5.00. The van der Waals surface area contributed by atoms with Gasteiger partial charge in [0.15, 0.2) is 0 Å². The van der Waals surface area contributed by atoms with Crippen molar-refractivity contribution < 1.29 is 9.53 Å². The minimum absolute atomic E-state index is 0.123. The maximum absolute atomic E-state index is 12.5. The summed E-state index contributed by atoms with van der Waals surface area (Å²) >= 11 is 0. The van der Waals surface area contributed by atoms with Crippen molar-refractivity contribution in [1.82, 2.24) is 9.88 Å². The van der Waals surface area contributed by atoms with Gasteiger partial charge in [0.05, 0.1) is 18.8 Å². The molecule has 0 spiro atoms. The molecule has 4 heteroatoms. The average molecular weight is 246 g/mol. The first kappa shape index (κ1) is 11.7. The van der Waals surface area contributed by atoms with Crippen molar-refractivity contribution in [2.75, 3.05) is 13.2 Å². The van der Waals surface area contributed by atoms with Gasteiger partial charge in [-0.25, -0.2) is 0 Å². The molecule has 2 fully saturated rings. The van der Waals surface area contributed by atoms with Crippen molar-refractivity contribution in [2.45, 2.75) is 37.8 Å². The first-order valence-electron chi connectivity index (χ1n) is 6.69. The number of fused-ring (bicyclic) bond motifs is 1. The van der Waals surface area contributed by atoms with Crippen LogP contribution in [-0.2, 0) is 4.74 Å². The van der Waals surface area contributed by atoms with E-state index >= 15 is 0 Å². The molecule has 18 heavy (non-hydrogen) atoms. The molecule has 0 N–H and O–H groups in total. The monoisotopic (exact) mass is 246 g/mol. The average Bonchev–Trinajstić information content (AvgIpc) is 2.47. The Kier molecular flexibility index (Phi) is 3.28. The molecule has 0 radical (unpaired) electrons. The van der Waals surface area contributed by atoms with Gasteiger partial charge in [-0.15, -0.1) is 0 Å². The van der Waals surface area contributed by atoms with Crippen molar-refractivity contribution >= 4 is 5.91 Å². The smallest absolute Gasteiger partial charge is 0.254 e. The van der Waals surface area contributed by atoms with E-state index in [9.17, 15) is 4.79 Å². The molecule has 0 bridgehead atoms. The third-order valence-electron chi connectivity index (χ3n) is 3.92. The molecule has 96 valence electrons. The summed E-state index contributed by atoms with van der Waals surface area (Å²) in [7, 11) is 0. The predicted octanol–water partition coefficient (Wildman–Crippen LogP) is 1.87. The molecule has 1 amide bonds. The number of pyridine rings is 1. The molecule has 2 unspecified atom stereocenters. The molecule has 1 aliphatic heterocycles. The number of ether oxygens (including phenoxy) is 1. The fourth-order valence-electron chi connectivity index (χ4n) is 3.01. The fraction of sp³-hybridized carbons (Fsp3) is 0.571. The highest BCUT2D eigenvalue weighted by Gasteiger charge is 2.36. The summed E-state index contributed by atoms with van der Waals surface area (Å²) in [6.45, 7) is 1.38. The van der Waals surface area contributed by atoms with E-state index in [-0.39, 0.29) is 18.1 Å². The van der Waals surface area contributed by atoms with E-state index in [1.165, 1.54) is 12.8 Å². The number of morpholine rings is 1. The molecule has 2 aliphatic rings. The summed E-state index contributed by atoms with van der Waals surface area (Å²) < 4.78 is 5.79. The maximum atomic E-state index is 12.5. The molecule has 2 heterocycles. The number of hydrogen-bond donors (Lipinski definition) is 0. The molecule has 1 saturated carbocycles. The van der Waals surface area contributed by atoms with E-state index < -0.39 is 0 Å². The zero-order chi connectivity index (χ0) is 12.4. The highest BCUT2D eigenvalue weighted by molar-refractivity contribution is 5.94. The van der Waals surface area contributed by atoms with Crippen LogP contribution in [0.15, 0.2) is 24.5 Å². The Morgan fingerprint density at radius 1 is 1.28 bits per heavy atom. The molecule has 4 nitrogen and oxygen atoms in total. The predicted molar refractivity (Wildman–Crippen MR) is 67.3 cm³/mol. The summed E-state index contributed by atoms with van der Waals surface area (Å²) in [5.41, 5.74) is 0.733. The molecule has 1 aliphatic carbocycles. The van der Waals surface area contributed by atoms with Crippen molar-refractivity contribution in [1.29, 1.82) is 0 Å². The van der Waals surface area contributed by atoms with Crippen molar-refractivity contribution in [3.8, 4) is 0 Å². The molecule has 0 aromatic carbocycles. The molecule has 1 aromatic heterocycles. The van der Waals surface area contributed by atoms with Crippen LogP contribution >= 0.6 is 0 Å². The van der Waals surface area contributed by atoms with Gasteiger partial charge in [-0.3, -0.25) is 9.78 Å². The lowest BCUT2D eigenvalue weighted by Crippen LogP contribution is -2.54. The van der Waals surface area contributed by atoms with E-state index in [2.05, 4.69) is 4.98 Å². The second-order valence-corrected chi connectivity index (χ2v) is 5.00. The van der Waals surface area contributed by atoms with Gasteiger partial charge in [0.25, 0.3) is 5.91 Å². The zero-order valence-electron chi connectivity index (χ0n) is 10.4. The van der Waals surface area contributed by atoms with E-state index in [1.807, 2.05) is 4.90 Å². The normalized spacial score (nSPS) is 27.7. The molecule has 1 aromatic rings. The summed E-state index contributed by atoms with van der Waals surface area (Å²) in [5.74, 6) is 0.123. The summed E-state index contributed by atoms with van der Waals surface area (Å²) in [6, 6.07) is 3.85. The Morgan fingerprint density at radius 2 is 2.06 bits per heavy atom. The minimum atomic E-state index is 0.123. The van der Waals surface area contributed by atoms with Gasteiger partial charge in [-0.2, -0.15) is 0 Å². The van der Waals surface area contributed by atoms with Gasteiger partial charge in [-0.05, 0) is 25.0 Å². The number of carbonyl (C=O) groups excluding carboxylic acids is 1. The number of hydrogen-bond acceptors (Lipinski definition) is 3. The van der Waals surface area contributed by atoms with Crippen LogP contribution in [0.3, 0.4) is 0 Å². The third-order valence-corrected chi connectivity index (χ3v) is 3.92. The van der Waals surface area contributed by atoms with Crippen LogP contribution < -0.4 is 0 Å². The Balaban J connectivity index is 1.80. The second kappa shape index (κ2) is 5.06. The first-order chi connectivity index (χ1) is 8.86. The standard InChI is InChI=1S/C14H18N2O2/c17-14(11-5-7-15-8-6-11)16-9-10-18-13-4-2-1-3-12(13)16/h5-8,12-13H,1-4,9-10H2. The van der Waals surface area contributed by atoms with E-state index in [4.69, 9.17) is 4.74 Å². The SMILES string of the molecule is O=C(c1ccncc1)N1CCOC2CCCCC21. The zero-order valence-corrected chi connectivity index (χ0v) is 10.4. The van der Waals surface area contributed by atoms with Gasteiger partial charge in [-0.1, -0.05) is 12.8 Å². The van der Waals surface area contributed by atoms with E-state index in [1.54, 1.807) is 24.5 Å². The minimum Gasteiger partial charge on any atom is -0.374 e. The van der Waals surface area contributed by atoms with Crippen LogP contribution in [0.4, 0.5) is 0 Å². The van der Waals surface area contributed by atoms with Crippen LogP contribution in [0.2, 0.25) is 0 Å². The van der Waals surface area contributed by atoms with Crippen molar-refractivity contribution in [2.24, 2.45) is 0 Å². The molecular weight excluding hydrogens is 228 g/mol. The van der Waals surface area contributed by atoms with Gasteiger partial charge >= 0.3 is 0 Å². The van der Waals surface area contributed by atoms with Crippen LogP contribution in [0.25, 0.3) is 0 Å². The van der Waals surface area contributed by atoms with Gasteiger partial charge in [0.1, 0.15) is 0 Å². The number of aromatic nitrogens is 1. The van der Waals surface area contributed by atoms with Gasteiger partial charge < -0.3 is 9.64 Å². The highest BCUT2D eigenvalue weighted by atomic mass is 16.5. The van der Waals surface area contributed by atoms with E-state index in [0.717, 1.165) is 18.4 Å². The Morgan fingerprint density at radius 3 is 2.89 bits per heavy atom. The lowest BCUT2D eigenvalue weighted by molar-refractivity contribution is -0.0752. The number of amides is 1. The Hall–Kier alpha value is -1.42. The Labute approximate surface area is 107 Å². The largest absolute Gasteiger partial charge is 0.374 e. The maximum Gasteiger partial charge on any atom is 0.254 e. The third kappa shape index (κ3) is 2.12. The highest BCUT2D eigenvalue weighted by Crippen LogP contribution is 2.29. The topological polar surface area (TPSA) is 42.4 Å². The van der Waals surface area contributed by atoms with Gasteiger partial charge in [0, 0.05) is 24.5 Å². The van der Waals surface area contributed by atoms with Crippen LogP contribution in [-0.4, -0.2) is 41.1 Å². The number of nitrogens with zero attached hydrogens (tertiary/aromatic N) is 2. The van der Waals surface area contributed by atoms with Crippen LogP contribution in [0.1, 0.15) is 36.0 Å². The number of carbonyl (C=O) groups is 1. The van der Waals surface area contributed by atoms with Gasteiger partial charge in [0.2, 0.25) is 0 Å². The fourth-order valence-corrected chi connectivity index (χ4v) is 3.01. The summed E-state index contributed by atoms with van der Waals surface area (Å²) in [4.78, 5) is 18.5. The Bertz CT molecular complexity index is 419. The van der Waals surface area contributed by atoms with E-state index in [0.29, 0.717) is 13.2 Å². The molecule has 1 saturated heterocycles. The van der Waals surface area contributed by atoms with Crippen molar-refractivity contribution in [3.63, 3.8) is 0 Å².